The number of ether oxygens (including phenoxy) is 2. The second-order valence-electron chi connectivity index (χ2n) is 7.50. The molecule has 2 amide bonds. The third-order valence-corrected chi connectivity index (χ3v) is 6.22. The van der Waals surface area contributed by atoms with Crippen molar-refractivity contribution < 1.29 is 27.5 Å². The number of nitrogens with zero attached hydrogens (tertiary/aromatic N) is 2. The minimum atomic E-state index is -3.57. The van der Waals surface area contributed by atoms with Gasteiger partial charge in [-0.25, -0.2) is 18.4 Å². The number of sulfone groups is 1. The highest BCUT2D eigenvalue weighted by molar-refractivity contribution is 7.90. The van der Waals surface area contributed by atoms with Gasteiger partial charge in [-0.05, 0) is 42.5 Å². The summed E-state index contributed by atoms with van der Waals surface area (Å²) in [7, 11) is -2.12. The van der Waals surface area contributed by atoms with Crippen LogP contribution in [0.25, 0.3) is 0 Å². The van der Waals surface area contributed by atoms with Gasteiger partial charge in [-0.15, -0.1) is 0 Å². The van der Waals surface area contributed by atoms with Gasteiger partial charge in [-0.2, -0.15) is 0 Å². The Morgan fingerprint density at radius 1 is 1.11 bits per heavy atom. The quantitative estimate of drug-likeness (QED) is 0.355. The predicted molar refractivity (Wildman–Crippen MR) is 134 cm³/mol. The van der Waals surface area contributed by atoms with Crippen LogP contribution in [-0.4, -0.2) is 62.8 Å². The number of rotatable bonds is 10. The molecule has 0 aliphatic rings. The van der Waals surface area contributed by atoms with Crippen molar-refractivity contribution in [1.29, 1.82) is 0 Å². The Hall–Kier alpha value is -3.58. The van der Waals surface area contributed by atoms with E-state index in [0.29, 0.717) is 5.02 Å². The zero-order valence-corrected chi connectivity index (χ0v) is 21.0. The normalized spacial score (nSPS) is 12.0. The van der Waals surface area contributed by atoms with Crippen LogP contribution in [0.15, 0.2) is 59.8 Å². The number of hydrogen-bond donors (Lipinski definition) is 3. The third-order valence-electron chi connectivity index (χ3n) is 4.89. The molecule has 3 rings (SSSR count). The molecule has 3 aromatic rings. The number of aromatic nitrogens is 2. The highest BCUT2D eigenvalue weighted by Gasteiger charge is 2.21. The summed E-state index contributed by atoms with van der Waals surface area (Å²) < 4.78 is 34.9. The SMILES string of the molecule is CO[C@@H](CN)COc1cc(S(C)(=O)=O)ccc1C(=O)Nc1cccnc1C(=O)Nc1ccc(Cl)cn1. The molecule has 0 aliphatic heterocycles. The minimum absolute atomic E-state index is 0.00572. The monoisotopic (exact) mass is 533 g/mol. The largest absolute Gasteiger partial charge is 0.490 e. The molecule has 0 unspecified atom stereocenters. The van der Waals surface area contributed by atoms with E-state index in [1.54, 1.807) is 12.1 Å². The van der Waals surface area contributed by atoms with Crippen molar-refractivity contribution in [1.82, 2.24) is 9.97 Å². The molecule has 11 nitrogen and oxygen atoms in total. The van der Waals surface area contributed by atoms with Crippen LogP contribution in [0.1, 0.15) is 20.8 Å². The van der Waals surface area contributed by atoms with E-state index in [4.69, 9.17) is 26.8 Å². The lowest BCUT2D eigenvalue weighted by atomic mass is 10.1. The van der Waals surface area contributed by atoms with E-state index < -0.39 is 27.8 Å². The zero-order chi connectivity index (χ0) is 26.3. The van der Waals surface area contributed by atoms with Crippen molar-refractivity contribution in [3.05, 3.63) is 71.1 Å². The van der Waals surface area contributed by atoms with Gasteiger partial charge in [0, 0.05) is 32.3 Å². The molecule has 36 heavy (non-hydrogen) atoms. The smallest absolute Gasteiger partial charge is 0.277 e. The number of pyridine rings is 2. The van der Waals surface area contributed by atoms with Crippen molar-refractivity contribution in [3.63, 3.8) is 0 Å². The molecular formula is C23H24ClN5O6S. The maximum Gasteiger partial charge on any atom is 0.277 e. The van der Waals surface area contributed by atoms with E-state index in [2.05, 4.69) is 20.6 Å². The standard InChI is InChI=1S/C23H24ClN5O6S/c1-34-15(11-25)13-35-19-10-16(36(2,32)33)6-7-17(19)22(30)28-18-4-3-9-26-21(18)23(31)29-20-8-5-14(24)12-27-20/h3-10,12,15H,11,13,25H2,1-2H3,(H,28,30)(H,27,29,31)/t15-/m0/s1. The predicted octanol–water partition coefficient (Wildman–Crippen LogP) is 2.39. The van der Waals surface area contributed by atoms with Gasteiger partial charge in [0.05, 0.1) is 21.2 Å². The van der Waals surface area contributed by atoms with Crippen molar-refractivity contribution in [2.75, 3.05) is 37.2 Å². The molecular weight excluding hydrogens is 510 g/mol. The van der Waals surface area contributed by atoms with Gasteiger partial charge in [-0.1, -0.05) is 11.6 Å². The van der Waals surface area contributed by atoms with Crippen molar-refractivity contribution in [2.45, 2.75) is 11.0 Å². The van der Waals surface area contributed by atoms with Crippen LogP contribution in [0.2, 0.25) is 5.02 Å². The Kier molecular flexibility index (Phi) is 8.93. The number of hydrogen-bond acceptors (Lipinski definition) is 9. The van der Waals surface area contributed by atoms with E-state index >= 15 is 0 Å². The molecule has 0 saturated heterocycles. The molecule has 1 atom stereocenters. The van der Waals surface area contributed by atoms with E-state index in [-0.39, 0.29) is 46.6 Å². The summed E-state index contributed by atoms with van der Waals surface area (Å²) in [6.45, 7) is 0.134. The van der Waals surface area contributed by atoms with Crippen LogP contribution in [-0.2, 0) is 14.6 Å². The van der Waals surface area contributed by atoms with E-state index in [0.717, 1.165) is 6.26 Å². The summed E-state index contributed by atoms with van der Waals surface area (Å²) in [6, 6.07) is 9.97. The highest BCUT2D eigenvalue weighted by Crippen LogP contribution is 2.26. The average molecular weight is 534 g/mol. The number of carbonyl (C=O) groups excluding carboxylic acids is 2. The maximum atomic E-state index is 13.2. The summed E-state index contributed by atoms with van der Waals surface area (Å²) in [5.41, 5.74) is 5.70. The first-order chi connectivity index (χ1) is 17.1. The van der Waals surface area contributed by atoms with E-state index in [9.17, 15) is 18.0 Å². The Balaban J connectivity index is 1.88. The lowest BCUT2D eigenvalue weighted by Crippen LogP contribution is -2.29. The molecule has 0 bridgehead atoms. The van der Waals surface area contributed by atoms with Crippen LogP contribution in [0.3, 0.4) is 0 Å². The number of halogens is 1. The van der Waals surface area contributed by atoms with Gasteiger partial charge < -0.3 is 25.8 Å². The van der Waals surface area contributed by atoms with Crippen LogP contribution in [0, 0.1) is 0 Å². The Labute approximate surface area is 212 Å². The maximum absolute atomic E-state index is 13.2. The average Bonchev–Trinajstić information content (AvgIpc) is 2.85. The summed E-state index contributed by atoms with van der Waals surface area (Å²) in [4.78, 5) is 34.0. The molecule has 190 valence electrons. The fourth-order valence-corrected chi connectivity index (χ4v) is 3.71. The molecule has 2 aromatic heterocycles. The van der Waals surface area contributed by atoms with Gasteiger partial charge >= 0.3 is 0 Å². The first-order valence-corrected chi connectivity index (χ1v) is 12.8. The van der Waals surface area contributed by atoms with Crippen LogP contribution in [0.4, 0.5) is 11.5 Å². The second-order valence-corrected chi connectivity index (χ2v) is 9.96. The molecule has 13 heteroatoms. The van der Waals surface area contributed by atoms with Crippen molar-refractivity contribution in [3.8, 4) is 5.75 Å². The number of benzene rings is 1. The lowest BCUT2D eigenvalue weighted by Gasteiger charge is -2.17. The van der Waals surface area contributed by atoms with Gasteiger partial charge in [0.2, 0.25) is 0 Å². The summed E-state index contributed by atoms with van der Waals surface area (Å²) in [5, 5.41) is 5.61. The van der Waals surface area contributed by atoms with E-state index in [1.165, 1.54) is 49.8 Å². The van der Waals surface area contributed by atoms with Gasteiger partial charge in [0.15, 0.2) is 15.5 Å². The number of nitrogens with one attached hydrogen (secondary N) is 2. The van der Waals surface area contributed by atoms with Crippen molar-refractivity contribution >= 4 is 44.8 Å². The van der Waals surface area contributed by atoms with Gasteiger partial charge in [0.25, 0.3) is 11.8 Å². The van der Waals surface area contributed by atoms with Crippen molar-refractivity contribution in [2.24, 2.45) is 5.73 Å². The molecule has 4 N–H and O–H groups in total. The van der Waals surface area contributed by atoms with Crippen LogP contribution >= 0.6 is 11.6 Å². The zero-order valence-electron chi connectivity index (χ0n) is 19.4. The van der Waals surface area contributed by atoms with Gasteiger partial charge in [0.1, 0.15) is 24.3 Å². The fraction of sp³-hybridized carbons (Fsp3) is 0.217. The lowest BCUT2D eigenvalue weighted by molar-refractivity contribution is 0.0637. The number of anilines is 2. The Morgan fingerprint density at radius 2 is 1.89 bits per heavy atom. The first kappa shape index (κ1) is 27.0. The van der Waals surface area contributed by atoms with Crippen LogP contribution in [0.5, 0.6) is 5.75 Å². The number of nitrogens with two attached hydrogens (primary N) is 1. The highest BCUT2D eigenvalue weighted by atomic mass is 35.5. The van der Waals surface area contributed by atoms with Crippen LogP contribution < -0.4 is 21.1 Å². The minimum Gasteiger partial charge on any atom is -0.490 e. The third kappa shape index (κ3) is 6.98. The molecule has 0 spiro atoms. The summed E-state index contributed by atoms with van der Waals surface area (Å²) in [6.07, 6.45) is 3.34. The fourth-order valence-electron chi connectivity index (χ4n) is 2.96. The molecule has 0 saturated carbocycles. The Bertz CT molecular complexity index is 1350. The first-order valence-electron chi connectivity index (χ1n) is 10.5. The molecule has 0 aliphatic carbocycles. The van der Waals surface area contributed by atoms with E-state index in [1.807, 2.05) is 0 Å². The molecule has 0 radical (unpaired) electrons. The number of methoxy groups -OCH3 is 1. The summed E-state index contributed by atoms with van der Waals surface area (Å²) in [5.74, 6) is -1.02. The topological polar surface area (TPSA) is 163 Å². The number of carbonyl (C=O) groups is 2. The molecule has 0 fully saturated rings. The Morgan fingerprint density at radius 3 is 2.53 bits per heavy atom. The number of amides is 2. The second kappa shape index (κ2) is 11.9. The molecule has 2 heterocycles. The summed E-state index contributed by atoms with van der Waals surface area (Å²) >= 11 is 5.82. The van der Waals surface area contributed by atoms with Gasteiger partial charge in [-0.3, -0.25) is 9.59 Å². The molecule has 1 aromatic carbocycles.